The number of hydrogen-bond donors (Lipinski definition) is 3. The van der Waals surface area contributed by atoms with Gasteiger partial charge >= 0.3 is 236 Å². The average Bonchev–Trinajstić information content (AvgIpc) is 0.765. The van der Waals surface area contributed by atoms with Gasteiger partial charge in [-0.2, -0.15) is 0 Å². The number of carboxylic acids is 2. The van der Waals surface area contributed by atoms with E-state index in [0.29, 0.717) is 0 Å². The van der Waals surface area contributed by atoms with Crippen LogP contribution in [0.25, 0.3) is 0 Å². The number of methoxy groups -OCH3 is 6. The zero-order valence-electron chi connectivity index (χ0n) is 53.0. The van der Waals surface area contributed by atoms with Crippen molar-refractivity contribution >= 4 is 74.3 Å². The van der Waals surface area contributed by atoms with Crippen molar-refractivity contribution in [2.24, 2.45) is 5.73 Å². The molecule has 0 aromatic carbocycles. The van der Waals surface area contributed by atoms with Gasteiger partial charge in [0, 0.05) is 42.7 Å². The Balaban J connectivity index is -0.00000529. The molecule has 5 saturated heterocycles. The fourth-order valence-electron chi connectivity index (χ4n) is 9.48. The molecule has 5 aliphatic rings. The fraction of sp³-hybridized carbons (Fsp3) is 0.944. The van der Waals surface area contributed by atoms with E-state index < -0.39 is 248 Å². The molecule has 25 atom stereocenters. The molecule has 5 fully saturated rings. The first kappa shape index (κ1) is 108. The molecule has 0 aliphatic carbocycles. The van der Waals surface area contributed by atoms with Crippen molar-refractivity contribution in [1.29, 1.82) is 0 Å². The Morgan fingerprint density at radius 2 is 0.615 bits per heavy atom. The van der Waals surface area contributed by atoms with Crippen molar-refractivity contribution in [2.45, 2.75) is 153 Å². The minimum Gasteiger partial charge on any atom is -0.726 e. The Morgan fingerprint density at radius 3 is 0.938 bits per heavy atom. The number of carbonyl (C=O) groups excluding carboxylic acids is 2. The Hall–Kier alpha value is 5.44. The Kier molecular flexibility index (Phi) is 52.0. The molecule has 0 saturated carbocycles. The van der Waals surface area contributed by atoms with Crippen LogP contribution in [0.2, 0.25) is 0 Å². The second kappa shape index (κ2) is 46.3. The van der Waals surface area contributed by atoms with Gasteiger partial charge in [0.1, 0.15) is 104 Å². The Morgan fingerprint density at radius 1 is 0.344 bits per heavy atom. The maximum atomic E-state index is 13.1. The summed E-state index contributed by atoms with van der Waals surface area (Å²) in [5.74, 6) is -4.79. The standard InChI is InChI=1S/C36H61NO45S6.8Na/c1-62-18-16(11(8-69-84(47,48)49)72-33(67-6)28(18)81-87(56,57)58)74-34-27(66-5)20(64-3)22(25(79-34)31(42)43)77-36-29(82-88(59,60)61)23(80-86(53,54)55)17(12(73-36)9-70-85(50,51)52)75-35-26(65-4)19(63-2)21(24(78-35)30(40)41)76-32-13(37)15(39)14(38)10(71-32)7-68-83(44,45)46;;;;;;;;/h10-29,32-36,38-39H,7-9,37H2,1-6H3,(H,40,41)(H,42,43)(H,44,45,46)(H,47,48,49)(H,50,51,52)(H,53,54,55)(H,56,57,58)(H,59,60,61);;;;;;;;/q;8*+1/p-8/t10-,11-,12-,13-,14-,15-,16-,17-,18+,19+,20+,21+,22+,23+,24+,25+,26-,27-,28-,29-,32-,33+,34+,35-,36-;;;;;;;;/m1......../s1. The Bertz CT molecular complexity index is 3070. The van der Waals surface area contributed by atoms with Crippen molar-refractivity contribution in [3.63, 3.8) is 0 Å². The van der Waals surface area contributed by atoms with Gasteiger partial charge in [-0.05, 0) is 0 Å². The van der Waals surface area contributed by atoms with E-state index in [4.69, 9.17) is 76.8 Å². The van der Waals surface area contributed by atoms with Crippen molar-refractivity contribution in [2.75, 3.05) is 62.5 Å². The molecule has 0 aromatic heterocycles. The number of rotatable bonds is 31. The number of aliphatic carboxylic acids is 2. The molecule has 5 heterocycles. The smallest absolute Gasteiger partial charge is 0.726 e. The first-order valence-corrected chi connectivity index (χ1v) is 31.8. The molecule has 0 unspecified atom stereocenters. The summed E-state index contributed by atoms with van der Waals surface area (Å²) in [5.41, 5.74) is 5.95. The fourth-order valence-corrected chi connectivity index (χ4v) is 11.8. The largest absolute Gasteiger partial charge is 1.00 e. The van der Waals surface area contributed by atoms with Crippen molar-refractivity contribution in [3.8, 4) is 0 Å². The summed E-state index contributed by atoms with van der Waals surface area (Å²) in [6, 6.07) is -1.92. The minimum atomic E-state index is -6.46. The van der Waals surface area contributed by atoms with Gasteiger partial charge in [-0.3, -0.25) is 25.1 Å². The van der Waals surface area contributed by atoms with Gasteiger partial charge in [-0.15, -0.1) is 0 Å². The third-order valence-corrected chi connectivity index (χ3v) is 15.6. The topological polar surface area (TPSA) is 684 Å². The molecule has 0 spiro atoms. The molecule has 5 aliphatic heterocycles. The normalized spacial score (nSPS) is 35.9. The monoisotopic (exact) mass is 1590 g/mol. The SMILES string of the molecule is CO[C@H]1O[C@H](COS(=O)(=O)[O-])[C@@H](O[C@H]2O[C@H](C(=O)[O-])[C@@H](O[C@H]3O[C@H](COS(=O)(=O)[O-])[C@@H](O[C@@H]4O[C@H](C(=O)[O-])[C@@H](O[C@H]5O[C@H](COS(=O)(=O)[O-])[C@@H](O)[C@H](O)[C@H]5N)[C@H](OC)[C@H]4OC)[C@H](OS(=O)(=O)[O-])[C@H]3OS(=O)(=O)[O-])[C@H](OC)[C@H]2OC)[C@H](OC)[C@H]1OS(=O)(=O)[O-].[Na+].[Na+].[Na+].[Na+].[Na+].[Na+].[Na+].[Na+]. The van der Waals surface area contributed by atoms with E-state index in [9.17, 15) is 108 Å². The number of carboxylic acid groups (broad SMARTS) is 2. The molecular weight excluding hydrogens is 1540 g/mol. The van der Waals surface area contributed by atoms with Crippen LogP contribution in [0.5, 0.6) is 0 Å². The molecule has 60 heteroatoms. The van der Waals surface area contributed by atoms with Crippen LogP contribution >= 0.6 is 0 Å². The third kappa shape index (κ3) is 31.7. The molecule has 4 N–H and O–H groups in total. The summed E-state index contributed by atoms with van der Waals surface area (Å²) in [7, 11) is -31.1. The Labute approximate surface area is 725 Å². The van der Waals surface area contributed by atoms with Gasteiger partial charge in [-0.1, -0.05) is 0 Å². The maximum Gasteiger partial charge on any atom is 1.00 e. The van der Waals surface area contributed by atoms with Crippen LogP contribution in [0.3, 0.4) is 0 Å². The van der Waals surface area contributed by atoms with Crippen LogP contribution in [0.15, 0.2) is 0 Å². The quantitative estimate of drug-likeness (QED) is 0.0330. The second-order valence-electron chi connectivity index (χ2n) is 18.3. The molecule has 0 amide bonds. The van der Waals surface area contributed by atoms with Gasteiger partial charge in [0.2, 0.25) is 62.4 Å². The first-order valence-electron chi connectivity index (χ1n) is 23.8. The van der Waals surface area contributed by atoms with Gasteiger partial charge < -0.3 is 134 Å². The number of aliphatic hydroxyl groups excluding tert-OH is 2. The van der Waals surface area contributed by atoms with Crippen LogP contribution in [0.4, 0.5) is 0 Å². The van der Waals surface area contributed by atoms with Gasteiger partial charge in [-0.25, -0.2) is 50.5 Å². The van der Waals surface area contributed by atoms with Gasteiger partial charge in [0.25, 0.3) is 0 Å². The number of hydrogen-bond acceptors (Lipinski definition) is 46. The number of nitrogens with two attached hydrogens (primary N) is 1. The minimum absolute atomic E-state index is 0. The number of carbonyl (C=O) groups is 2. The van der Waals surface area contributed by atoms with Crippen LogP contribution in [-0.2, 0) is 168 Å². The third-order valence-electron chi connectivity index (χ3n) is 13.0. The van der Waals surface area contributed by atoms with E-state index in [2.05, 4.69) is 25.1 Å². The molecule has 5 rings (SSSR count). The molecule has 516 valence electrons. The molecule has 0 aromatic rings. The maximum absolute atomic E-state index is 13.1. The molecule has 46 nitrogen and oxygen atoms in total. The molecule has 0 bridgehead atoms. The van der Waals surface area contributed by atoms with E-state index >= 15 is 0 Å². The first-order chi connectivity index (χ1) is 40.5. The molecule has 96 heavy (non-hydrogen) atoms. The van der Waals surface area contributed by atoms with E-state index in [1.54, 1.807) is 0 Å². The summed E-state index contributed by atoms with van der Waals surface area (Å²) in [6.45, 7) is -4.55. The summed E-state index contributed by atoms with van der Waals surface area (Å²) < 4.78 is 324. The van der Waals surface area contributed by atoms with Crippen LogP contribution in [-0.4, -0.2) is 316 Å². The zero-order chi connectivity index (χ0) is 66.6. The number of aliphatic hydroxyl groups is 2. The van der Waals surface area contributed by atoms with E-state index in [1.807, 2.05) is 0 Å². The predicted molar refractivity (Wildman–Crippen MR) is 244 cm³/mol. The van der Waals surface area contributed by atoms with Crippen LogP contribution in [0.1, 0.15) is 0 Å². The van der Waals surface area contributed by atoms with Crippen LogP contribution in [0, 0.1) is 0 Å². The van der Waals surface area contributed by atoms with Gasteiger partial charge in [0.15, 0.2) is 43.7 Å². The van der Waals surface area contributed by atoms with E-state index in [0.717, 1.165) is 42.7 Å². The second-order valence-corrected chi connectivity index (χ2v) is 24.5. The number of ether oxygens (including phenoxy) is 15. The van der Waals surface area contributed by atoms with Crippen molar-refractivity contribution < 1.29 is 440 Å². The summed E-state index contributed by atoms with van der Waals surface area (Å²) in [6.07, 6.45) is -58.2. The average molecular weight is 1600 g/mol. The van der Waals surface area contributed by atoms with Crippen LogP contribution < -0.4 is 252 Å². The van der Waals surface area contributed by atoms with Crippen molar-refractivity contribution in [3.05, 3.63) is 0 Å². The molecule has 0 radical (unpaired) electrons. The van der Waals surface area contributed by atoms with E-state index in [1.165, 1.54) is 0 Å². The molecular formula is C36H53NNa8O45S6. The summed E-state index contributed by atoms with van der Waals surface area (Å²) >= 11 is 0. The zero-order valence-corrected chi connectivity index (χ0v) is 73.9. The summed E-state index contributed by atoms with van der Waals surface area (Å²) in [5, 5.41) is 47.1. The summed E-state index contributed by atoms with van der Waals surface area (Å²) in [4.78, 5) is 26.0. The van der Waals surface area contributed by atoms with Crippen molar-refractivity contribution in [1.82, 2.24) is 0 Å². The van der Waals surface area contributed by atoms with E-state index in [-0.39, 0.29) is 236 Å². The predicted octanol–water partition coefficient (Wildman–Crippen LogP) is -37.6. The van der Waals surface area contributed by atoms with Gasteiger partial charge in [0.05, 0.1) is 37.8 Å².